The fourth-order valence-electron chi connectivity index (χ4n) is 3.23. The van der Waals surface area contributed by atoms with Gasteiger partial charge in [0.15, 0.2) is 0 Å². The maximum Gasteiger partial charge on any atom is 0.303 e. The van der Waals surface area contributed by atoms with Gasteiger partial charge in [-0.25, -0.2) is 0 Å². The van der Waals surface area contributed by atoms with Crippen molar-refractivity contribution < 1.29 is 14.6 Å². The molecule has 20 heavy (non-hydrogen) atoms. The van der Waals surface area contributed by atoms with E-state index >= 15 is 0 Å². The Labute approximate surface area is 117 Å². The molecule has 1 aliphatic heterocycles. The molecule has 106 valence electrons. The number of carboxylic acids is 1. The lowest BCUT2D eigenvalue weighted by atomic mass is 9.85. The number of rotatable bonds is 4. The van der Waals surface area contributed by atoms with E-state index in [1.54, 1.807) is 0 Å². The number of hydrogen-bond acceptors (Lipinski definition) is 2. The zero-order valence-corrected chi connectivity index (χ0v) is 11.6. The van der Waals surface area contributed by atoms with Crippen LogP contribution in [-0.4, -0.2) is 22.7 Å². The number of aliphatic carboxylic acids is 1. The molecule has 0 bridgehead atoms. The standard InChI is InChI=1S/C16H19NO3/c1-2-16(9-7-14(18)19)15-12(8-10-20-16)11-5-3-4-6-13(11)17-15/h3-6,17H,2,7-10H2,1H3,(H,18,19). The molecule has 4 nitrogen and oxygen atoms in total. The Morgan fingerprint density at radius 3 is 3.00 bits per heavy atom. The molecule has 3 rings (SSSR count). The van der Waals surface area contributed by atoms with E-state index in [1.807, 2.05) is 12.1 Å². The maximum atomic E-state index is 10.9. The molecule has 1 aliphatic rings. The highest BCUT2D eigenvalue weighted by Crippen LogP contribution is 2.41. The number of para-hydroxylation sites is 1. The summed E-state index contributed by atoms with van der Waals surface area (Å²) in [6.45, 7) is 2.71. The number of fused-ring (bicyclic) bond motifs is 3. The van der Waals surface area contributed by atoms with Gasteiger partial charge >= 0.3 is 5.97 Å². The van der Waals surface area contributed by atoms with Crippen LogP contribution in [-0.2, 0) is 21.6 Å². The number of hydrogen-bond donors (Lipinski definition) is 2. The van der Waals surface area contributed by atoms with Gasteiger partial charge < -0.3 is 14.8 Å². The van der Waals surface area contributed by atoms with Gasteiger partial charge in [0, 0.05) is 17.3 Å². The van der Waals surface area contributed by atoms with Crippen LogP contribution in [0.25, 0.3) is 10.9 Å². The second-order valence-electron chi connectivity index (χ2n) is 5.36. The third-order valence-electron chi connectivity index (χ3n) is 4.31. The first-order valence-corrected chi connectivity index (χ1v) is 7.12. The predicted molar refractivity (Wildman–Crippen MR) is 76.8 cm³/mol. The van der Waals surface area contributed by atoms with Crippen molar-refractivity contribution in [1.82, 2.24) is 4.98 Å². The molecular weight excluding hydrogens is 254 g/mol. The maximum absolute atomic E-state index is 10.9. The minimum Gasteiger partial charge on any atom is -0.481 e. The smallest absolute Gasteiger partial charge is 0.303 e. The number of aromatic nitrogens is 1. The van der Waals surface area contributed by atoms with Crippen LogP contribution in [0.4, 0.5) is 0 Å². The van der Waals surface area contributed by atoms with Gasteiger partial charge in [0.05, 0.1) is 12.3 Å². The number of aromatic amines is 1. The molecule has 0 spiro atoms. The fraction of sp³-hybridized carbons (Fsp3) is 0.438. The molecule has 1 aromatic heterocycles. The first-order valence-electron chi connectivity index (χ1n) is 7.12. The summed E-state index contributed by atoms with van der Waals surface area (Å²) in [5.41, 5.74) is 2.99. The number of benzene rings is 1. The van der Waals surface area contributed by atoms with Crippen LogP contribution in [0, 0.1) is 0 Å². The molecule has 2 aromatic rings. The Morgan fingerprint density at radius 2 is 2.25 bits per heavy atom. The molecule has 0 fully saturated rings. The number of carboxylic acid groups (broad SMARTS) is 1. The molecule has 1 unspecified atom stereocenters. The summed E-state index contributed by atoms with van der Waals surface area (Å²) in [5, 5.41) is 10.2. The highest BCUT2D eigenvalue weighted by atomic mass is 16.5. The van der Waals surface area contributed by atoms with E-state index in [4.69, 9.17) is 9.84 Å². The van der Waals surface area contributed by atoms with Gasteiger partial charge in [-0.1, -0.05) is 25.1 Å². The summed E-state index contributed by atoms with van der Waals surface area (Å²) in [4.78, 5) is 14.4. The van der Waals surface area contributed by atoms with Crippen molar-refractivity contribution in [1.29, 1.82) is 0 Å². The molecule has 0 aliphatic carbocycles. The minimum atomic E-state index is -0.773. The number of nitrogens with one attached hydrogen (secondary N) is 1. The molecule has 0 saturated carbocycles. The molecule has 0 saturated heterocycles. The van der Waals surface area contributed by atoms with Crippen molar-refractivity contribution in [2.75, 3.05) is 6.61 Å². The lowest BCUT2D eigenvalue weighted by Gasteiger charge is -2.36. The summed E-state index contributed by atoms with van der Waals surface area (Å²) >= 11 is 0. The predicted octanol–water partition coefficient (Wildman–Crippen LogP) is 3.21. The van der Waals surface area contributed by atoms with Crippen molar-refractivity contribution >= 4 is 16.9 Å². The first-order chi connectivity index (χ1) is 9.66. The third-order valence-corrected chi connectivity index (χ3v) is 4.31. The fourth-order valence-corrected chi connectivity index (χ4v) is 3.23. The highest BCUT2D eigenvalue weighted by Gasteiger charge is 2.38. The van der Waals surface area contributed by atoms with Crippen molar-refractivity contribution in [3.8, 4) is 0 Å². The Morgan fingerprint density at radius 1 is 1.45 bits per heavy atom. The molecule has 4 heteroatoms. The minimum absolute atomic E-state index is 0.128. The van der Waals surface area contributed by atoms with Gasteiger partial charge in [-0.05, 0) is 30.9 Å². The van der Waals surface area contributed by atoms with Crippen LogP contribution >= 0.6 is 0 Å². The van der Waals surface area contributed by atoms with E-state index in [2.05, 4.69) is 24.0 Å². The van der Waals surface area contributed by atoms with Crippen molar-refractivity contribution in [2.45, 2.75) is 38.2 Å². The van der Waals surface area contributed by atoms with Crippen LogP contribution in [0.3, 0.4) is 0 Å². The summed E-state index contributed by atoms with van der Waals surface area (Å²) in [6, 6.07) is 8.23. The average molecular weight is 273 g/mol. The number of H-pyrrole nitrogens is 1. The van der Waals surface area contributed by atoms with Crippen molar-refractivity contribution in [3.63, 3.8) is 0 Å². The van der Waals surface area contributed by atoms with E-state index < -0.39 is 11.6 Å². The summed E-state index contributed by atoms with van der Waals surface area (Å²) in [7, 11) is 0. The summed E-state index contributed by atoms with van der Waals surface area (Å²) in [6.07, 6.45) is 2.30. The summed E-state index contributed by atoms with van der Waals surface area (Å²) in [5.74, 6) is -0.773. The zero-order chi connectivity index (χ0) is 14.2. The van der Waals surface area contributed by atoms with Crippen LogP contribution in [0.15, 0.2) is 24.3 Å². The third kappa shape index (κ3) is 2.00. The summed E-state index contributed by atoms with van der Waals surface area (Å²) < 4.78 is 6.03. The first kappa shape index (κ1) is 13.2. The van der Waals surface area contributed by atoms with Gasteiger partial charge in [-0.2, -0.15) is 0 Å². The zero-order valence-electron chi connectivity index (χ0n) is 11.6. The molecule has 1 atom stereocenters. The van der Waals surface area contributed by atoms with Crippen LogP contribution < -0.4 is 0 Å². The largest absolute Gasteiger partial charge is 0.481 e. The van der Waals surface area contributed by atoms with Crippen molar-refractivity contribution in [2.24, 2.45) is 0 Å². The Hall–Kier alpha value is -1.81. The van der Waals surface area contributed by atoms with E-state index in [-0.39, 0.29) is 6.42 Å². The monoisotopic (exact) mass is 273 g/mol. The highest BCUT2D eigenvalue weighted by molar-refractivity contribution is 5.85. The normalized spacial score (nSPS) is 21.9. The molecule has 2 heterocycles. The molecule has 1 aromatic carbocycles. The van der Waals surface area contributed by atoms with Gasteiger partial charge in [0.2, 0.25) is 0 Å². The topological polar surface area (TPSA) is 62.3 Å². The molecule has 0 amide bonds. The molecule has 2 N–H and O–H groups in total. The Bertz CT molecular complexity index is 646. The van der Waals surface area contributed by atoms with E-state index in [1.165, 1.54) is 10.9 Å². The van der Waals surface area contributed by atoms with E-state index in [9.17, 15) is 4.79 Å². The van der Waals surface area contributed by atoms with Gasteiger partial charge in [0.1, 0.15) is 5.60 Å². The second-order valence-corrected chi connectivity index (χ2v) is 5.36. The van der Waals surface area contributed by atoms with Gasteiger partial charge in [-0.15, -0.1) is 0 Å². The van der Waals surface area contributed by atoms with E-state index in [0.29, 0.717) is 13.0 Å². The Kier molecular flexibility index (Phi) is 3.26. The second kappa shape index (κ2) is 4.94. The van der Waals surface area contributed by atoms with Crippen molar-refractivity contribution in [3.05, 3.63) is 35.5 Å². The van der Waals surface area contributed by atoms with E-state index in [0.717, 1.165) is 24.1 Å². The quantitative estimate of drug-likeness (QED) is 0.899. The lowest BCUT2D eigenvalue weighted by Crippen LogP contribution is -2.35. The lowest BCUT2D eigenvalue weighted by molar-refractivity contribution is -0.140. The number of ether oxygens (including phenoxy) is 1. The number of carbonyl (C=O) groups is 1. The van der Waals surface area contributed by atoms with Gasteiger partial charge in [0.25, 0.3) is 0 Å². The van der Waals surface area contributed by atoms with Crippen LogP contribution in [0.2, 0.25) is 0 Å². The molecule has 0 radical (unpaired) electrons. The Balaban J connectivity index is 2.09. The SMILES string of the molecule is CCC1(CCC(=O)O)OCCc2c1[nH]c1ccccc21. The molecular formula is C16H19NO3. The van der Waals surface area contributed by atoms with Gasteiger partial charge in [-0.3, -0.25) is 4.79 Å². The van der Waals surface area contributed by atoms with Crippen LogP contribution in [0.5, 0.6) is 0 Å². The average Bonchev–Trinajstić information content (AvgIpc) is 2.85. The van der Waals surface area contributed by atoms with Crippen LogP contribution in [0.1, 0.15) is 37.4 Å².